The zero-order valence-corrected chi connectivity index (χ0v) is 33.9. The third kappa shape index (κ3) is 9.62. The number of rotatable bonds is 9. The van der Waals surface area contributed by atoms with Gasteiger partial charge in [0.1, 0.15) is 36.1 Å². The SMILES string of the molecule is CN=C(N)Nc1cccc(CCCC[C@@H]2C=CC(O)=C[C@@H]2C[C@H]2CC(=O)CCc3ccc(OC)c(c3)OCc3ccc4c(c(O)cc5c4c3CC[C@@H]5C)CC#CO2)c1. The number of Topliss-reactive ketones (excluding diaryl/α,β-unsaturated/α-hetero) is 1. The Labute approximate surface area is 342 Å². The van der Waals surface area contributed by atoms with Crippen LogP contribution in [0.5, 0.6) is 17.2 Å². The molecule has 0 fully saturated rings. The topological polar surface area (TPSA) is 136 Å². The standard InChI is InChI=1S/C49H55N3O6/c1-31-13-20-41-35-17-21-43-42(45(55)29-44(31)48(41)43)12-7-23-57-40(28-39(54)18-14-33-15-22-46(56-3)47(25-33)58-30-35)27-36-26-38(53)19-16-34(36)10-5-4-8-32-9-6-11-37(24-32)52-49(50)51-2/h6,9,11,15-17,19,21-22,24-26,29,31,34,36,40,53,55H,4-5,8,10,12-14,18,20,27-28,30H2,1-3H3,(H3,50,51,52)/t31-,34+,36+,40-/m0/s1. The molecule has 0 saturated heterocycles. The van der Waals surface area contributed by atoms with E-state index in [4.69, 9.17) is 19.9 Å². The Hall–Kier alpha value is -5.88. The second-order valence-electron chi connectivity index (χ2n) is 15.9. The molecule has 9 nitrogen and oxygen atoms in total. The second kappa shape index (κ2) is 18.6. The number of unbranched alkanes of at least 4 members (excludes halogenated alkanes) is 1. The van der Waals surface area contributed by atoms with E-state index in [2.05, 4.69) is 59.6 Å². The number of ether oxygens (including phenoxy) is 3. The summed E-state index contributed by atoms with van der Waals surface area (Å²) in [5, 5.41) is 27.2. The van der Waals surface area contributed by atoms with Crippen molar-refractivity contribution < 1.29 is 29.2 Å². The molecule has 9 heteroatoms. The number of phenols is 1. The summed E-state index contributed by atoms with van der Waals surface area (Å²) in [5.74, 6) is 5.84. The van der Waals surface area contributed by atoms with Gasteiger partial charge < -0.3 is 35.5 Å². The van der Waals surface area contributed by atoms with E-state index in [-0.39, 0.29) is 35.5 Å². The number of hydrogen-bond donors (Lipinski definition) is 4. The molecule has 0 saturated carbocycles. The van der Waals surface area contributed by atoms with Crippen LogP contribution in [0.15, 0.2) is 89.6 Å². The highest BCUT2D eigenvalue weighted by molar-refractivity contribution is 5.95. The number of nitrogens with two attached hydrogens (primary N) is 1. The van der Waals surface area contributed by atoms with Crippen LogP contribution in [0.2, 0.25) is 0 Å². The molecule has 2 aliphatic heterocycles. The fourth-order valence-corrected chi connectivity index (χ4v) is 8.77. The largest absolute Gasteiger partial charge is 0.508 e. The summed E-state index contributed by atoms with van der Waals surface area (Å²) >= 11 is 0. The van der Waals surface area contributed by atoms with E-state index in [1.807, 2.05) is 42.5 Å². The quantitative estimate of drug-likeness (QED) is 0.0571. The molecule has 302 valence electrons. The minimum Gasteiger partial charge on any atom is -0.508 e. The normalized spacial score (nSPS) is 20.8. The van der Waals surface area contributed by atoms with Gasteiger partial charge in [-0.3, -0.25) is 9.79 Å². The number of phenolic OH excluding ortho intramolecular Hbond substituents is 1. The molecule has 0 aromatic heterocycles. The van der Waals surface area contributed by atoms with Crippen LogP contribution < -0.4 is 20.5 Å². The number of hydrogen-bond acceptors (Lipinski definition) is 7. The molecule has 2 heterocycles. The van der Waals surface area contributed by atoms with E-state index >= 15 is 0 Å². The number of carbonyl (C=O) groups excluding carboxylic acids is 1. The number of allylic oxidation sites excluding steroid dienone is 3. The Balaban J connectivity index is 1.11. The Bertz CT molecular complexity index is 2300. The van der Waals surface area contributed by atoms with Gasteiger partial charge in [0.05, 0.1) is 7.11 Å². The van der Waals surface area contributed by atoms with Crippen molar-refractivity contribution in [2.24, 2.45) is 22.6 Å². The Morgan fingerprint density at radius 3 is 2.76 bits per heavy atom. The summed E-state index contributed by atoms with van der Waals surface area (Å²) in [6.07, 6.45) is 15.9. The van der Waals surface area contributed by atoms with Crippen molar-refractivity contribution >= 4 is 28.2 Å². The summed E-state index contributed by atoms with van der Waals surface area (Å²) in [6, 6.07) is 20.2. The minimum atomic E-state index is -0.484. The number of nitrogens with zero attached hydrogens (tertiary/aromatic N) is 1. The molecule has 0 unspecified atom stereocenters. The number of aromatic hydroxyl groups is 1. The van der Waals surface area contributed by atoms with Gasteiger partial charge in [-0.2, -0.15) is 0 Å². The number of benzene rings is 4. The molecule has 0 radical (unpaired) electrons. The fraction of sp³-hybridized carbons (Fsp3) is 0.388. The number of methoxy groups -OCH3 is 1. The van der Waals surface area contributed by atoms with E-state index in [0.717, 1.165) is 71.9 Å². The van der Waals surface area contributed by atoms with Crippen molar-refractivity contribution in [1.82, 2.24) is 0 Å². The summed E-state index contributed by atoms with van der Waals surface area (Å²) < 4.78 is 18.4. The molecule has 4 aliphatic rings. The molecule has 4 aromatic rings. The molecule has 6 bridgehead atoms. The Morgan fingerprint density at radius 2 is 1.91 bits per heavy atom. The predicted molar refractivity (Wildman–Crippen MR) is 231 cm³/mol. The minimum absolute atomic E-state index is 0.0305. The monoisotopic (exact) mass is 781 g/mol. The highest BCUT2D eigenvalue weighted by atomic mass is 16.5. The number of carbonyl (C=O) groups is 1. The van der Waals surface area contributed by atoms with Gasteiger partial charge in [0.25, 0.3) is 0 Å². The van der Waals surface area contributed by atoms with Crippen LogP contribution in [0.4, 0.5) is 5.69 Å². The summed E-state index contributed by atoms with van der Waals surface area (Å²) in [7, 11) is 3.29. The zero-order valence-electron chi connectivity index (χ0n) is 33.9. The molecule has 2 aliphatic carbocycles. The van der Waals surface area contributed by atoms with E-state index in [1.165, 1.54) is 16.5 Å². The molecule has 4 aromatic carbocycles. The number of anilines is 1. The van der Waals surface area contributed by atoms with Gasteiger partial charge in [-0.05, 0) is 144 Å². The predicted octanol–water partition coefficient (Wildman–Crippen LogP) is 9.38. The third-order valence-corrected chi connectivity index (χ3v) is 12.0. The maximum Gasteiger partial charge on any atom is 0.192 e. The summed E-state index contributed by atoms with van der Waals surface area (Å²) in [6.45, 7) is 2.59. The number of aliphatic imine (C=N–C) groups is 1. The number of ketones is 1. The molecule has 0 spiro atoms. The van der Waals surface area contributed by atoms with Crippen LogP contribution in [0.3, 0.4) is 0 Å². The number of fused-ring (bicyclic) bond motifs is 9. The van der Waals surface area contributed by atoms with Gasteiger partial charge in [-0.1, -0.05) is 55.7 Å². The van der Waals surface area contributed by atoms with Crippen molar-refractivity contribution in [3.05, 3.63) is 118 Å². The molecule has 0 amide bonds. The highest BCUT2D eigenvalue weighted by Crippen LogP contribution is 2.43. The summed E-state index contributed by atoms with van der Waals surface area (Å²) in [4.78, 5) is 17.6. The molecular formula is C49H55N3O6. The molecule has 5 N–H and O–H groups in total. The number of nitrogens with one attached hydrogen (secondary N) is 1. The molecule has 58 heavy (non-hydrogen) atoms. The van der Waals surface area contributed by atoms with Gasteiger partial charge >= 0.3 is 0 Å². The van der Waals surface area contributed by atoms with Crippen LogP contribution in [0.1, 0.15) is 91.2 Å². The van der Waals surface area contributed by atoms with Crippen molar-refractivity contribution in [3.63, 3.8) is 0 Å². The first-order valence-corrected chi connectivity index (χ1v) is 20.6. The van der Waals surface area contributed by atoms with Gasteiger partial charge in [0.15, 0.2) is 17.5 Å². The van der Waals surface area contributed by atoms with E-state index in [1.54, 1.807) is 20.2 Å². The van der Waals surface area contributed by atoms with E-state index in [9.17, 15) is 15.0 Å². The van der Waals surface area contributed by atoms with E-state index < -0.39 is 6.10 Å². The van der Waals surface area contributed by atoms with Gasteiger partial charge in [0, 0.05) is 37.6 Å². The summed E-state index contributed by atoms with van der Waals surface area (Å²) in [5.41, 5.74) is 13.3. The lowest BCUT2D eigenvalue weighted by molar-refractivity contribution is -0.121. The van der Waals surface area contributed by atoms with Crippen LogP contribution in [0.25, 0.3) is 10.8 Å². The van der Waals surface area contributed by atoms with Crippen LogP contribution in [-0.2, 0) is 41.8 Å². The number of guanidine groups is 1. The van der Waals surface area contributed by atoms with Gasteiger partial charge in [-0.25, -0.2) is 0 Å². The maximum atomic E-state index is 13.6. The fourth-order valence-electron chi connectivity index (χ4n) is 8.77. The van der Waals surface area contributed by atoms with Crippen molar-refractivity contribution in [2.75, 3.05) is 19.5 Å². The lowest BCUT2D eigenvalue weighted by Crippen LogP contribution is -2.24. The highest BCUT2D eigenvalue weighted by Gasteiger charge is 2.28. The first-order chi connectivity index (χ1) is 28.2. The number of aliphatic hydroxyl groups excluding tert-OH is 1. The van der Waals surface area contributed by atoms with Gasteiger partial charge in [-0.15, -0.1) is 0 Å². The Morgan fingerprint density at radius 1 is 1.03 bits per heavy atom. The first kappa shape index (κ1) is 40.3. The molecule has 8 rings (SSSR count). The number of aryl methyl sites for hydroxylation is 3. The van der Waals surface area contributed by atoms with Crippen LogP contribution in [0, 0.1) is 23.9 Å². The average Bonchev–Trinajstić information content (AvgIpc) is 3.22. The van der Waals surface area contributed by atoms with Crippen LogP contribution in [-0.4, -0.2) is 42.2 Å². The lowest BCUT2D eigenvalue weighted by atomic mass is 9.79. The van der Waals surface area contributed by atoms with Crippen LogP contribution >= 0.6 is 0 Å². The average molecular weight is 782 g/mol. The second-order valence-corrected chi connectivity index (χ2v) is 15.9. The zero-order chi connectivity index (χ0) is 40.6. The van der Waals surface area contributed by atoms with E-state index in [0.29, 0.717) is 55.7 Å². The number of aliphatic hydroxyl groups is 1. The first-order valence-electron chi connectivity index (χ1n) is 20.6. The smallest absolute Gasteiger partial charge is 0.192 e. The van der Waals surface area contributed by atoms with Crippen molar-refractivity contribution in [2.45, 2.75) is 96.2 Å². The Kier molecular flexibility index (Phi) is 12.9. The lowest BCUT2D eigenvalue weighted by Gasteiger charge is -2.28. The molecular weight excluding hydrogens is 727 g/mol. The van der Waals surface area contributed by atoms with Gasteiger partial charge in [0.2, 0.25) is 0 Å². The third-order valence-electron chi connectivity index (χ3n) is 12.0. The van der Waals surface area contributed by atoms with Crippen molar-refractivity contribution in [1.29, 1.82) is 0 Å². The maximum absolute atomic E-state index is 13.6. The molecule has 4 atom stereocenters. The van der Waals surface area contributed by atoms with Crippen molar-refractivity contribution in [3.8, 4) is 29.3 Å².